The summed E-state index contributed by atoms with van der Waals surface area (Å²) in [7, 11) is 0. The van der Waals surface area contributed by atoms with E-state index in [0.29, 0.717) is 5.56 Å². The maximum absolute atomic E-state index is 12.8. The van der Waals surface area contributed by atoms with Crippen molar-refractivity contribution in [3.05, 3.63) is 71.3 Å². The van der Waals surface area contributed by atoms with Gasteiger partial charge >= 0.3 is 12.2 Å². The Morgan fingerprint density at radius 2 is 1.79 bits per heavy atom. The summed E-state index contributed by atoms with van der Waals surface area (Å²) in [5.41, 5.74) is -1.29. The molecular formula is C20H18F3N3O3. The lowest BCUT2D eigenvalue weighted by Gasteiger charge is -2.22. The van der Waals surface area contributed by atoms with Gasteiger partial charge in [0.15, 0.2) is 0 Å². The molecule has 1 unspecified atom stereocenters. The molecule has 1 aliphatic heterocycles. The third-order valence-corrected chi connectivity index (χ3v) is 4.67. The Balaban J connectivity index is 1.64. The number of halogens is 3. The first-order valence-electron chi connectivity index (χ1n) is 8.74. The van der Waals surface area contributed by atoms with E-state index in [2.05, 4.69) is 10.6 Å². The number of nitrogens with one attached hydrogen (secondary N) is 2. The molecule has 1 aliphatic rings. The van der Waals surface area contributed by atoms with E-state index in [9.17, 15) is 27.6 Å². The Labute approximate surface area is 164 Å². The second-order valence-electron chi connectivity index (χ2n) is 6.79. The van der Waals surface area contributed by atoms with Crippen LogP contribution in [0.5, 0.6) is 0 Å². The fourth-order valence-corrected chi connectivity index (χ4v) is 3.07. The number of amides is 4. The number of imide groups is 1. The van der Waals surface area contributed by atoms with Crippen LogP contribution in [0.1, 0.15) is 23.6 Å². The first kappa shape index (κ1) is 20.4. The van der Waals surface area contributed by atoms with Crippen molar-refractivity contribution in [3.63, 3.8) is 0 Å². The van der Waals surface area contributed by atoms with Gasteiger partial charge in [0.05, 0.1) is 5.56 Å². The molecule has 6 nitrogen and oxygen atoms in total. The molecule has 4 amide bonds. The molecule has 152 valence electrons. The Morgan fingerprint density at radius 3 is 2.45 bits per heavy atom. The molecule has 0 aromatic heterocycles. The number of alkyl halides is 3. The molecule has 0 spiro atoms. The smallest absolute Gasteiger partial charge is 0.350 e. The zero-order valence-corrected chi connectivity index (χ0v) is 15.4. The van der Waals surface area contributed by atoms with Crippen LogP contribution in [-0.4, -0.2) is 29.3 Å². The minimum Gasteiger partial charge on any atom is -0.350 e. The van der Waals surface area contributed by atoms with Crippen molar-refractivity contribution in [1.29, 1.82) is 0 Å². The molecule has 0 saturated carbocycles. The van der Waals surface area contributed by atoms with Crippen LogP contribution in [-0.2, 0) is 27.8 Å². The van der Waals surface area contributed by atoms with E-state index in [4.69, 9.17) is 0 Å². The van der Waals surface area contributed by atoms with E-state index < -0.39 is 41.7 Å². The molecule has 9 heteroatoms. The number of benzene rings is 2. The molecule has 2 aromatic rings. The van der Waals surface area contributed by atoms with Crippen LogP contribution in [0.2, 0.25) is 0 Å². The first-order chi connectivity index (χ1) is 13.6. The van der Waals surface area contributed by atoms with Gasteiger partial charge in [0.2, 0.25) is 5.91 Å². The minimum atomic E-state index is -4.48. The van der Waals surface area contributed by atoms with Gasteiger partial charge in [0, 0.05) is 6.54 Å². The van der Waals surface area contributed by atoms with Gasteiger partial charge in [-0.3, -0.25) is 14.5 Å². The third kappa shape index (κ3) is 4.23. The molecule has 1 saturated heterocycles. The van der Waals surface area contributed by atoms with E-state index in [-0.39, 0.29) is 12.1 Å². The summed E-state index contributed by atoms with van der Waals surface area (Å²) in [6.45, 7) is 0.845. The lowest BCUT2D eigenvalue weighted by Crippen LogP contribution is -2.43. The Morgan fingerprint density at radius 1 is 1.10 bits per heavy atom. The predicted molar refractivity (Wildman–Crippen MR) is 97.3 cm³/mol. The predicted octanol–water partition coefficient (Wildman–Crippen LogP) is 2.79. The molecule has 1 heterocycles. The van der Waals surface area contributed by atoms with Crippen LogP contribution >= 0.6 is 0 Å². The third-order valence-electron chi connectivity index (χ3n) is 4.67. The van der Waals surface area contributed by atoms with Crippen molar-refractivity contribution in [2.45, 2.75) is 25.2 Å². The van der Waals surface area contributed by atoms with Crippen LogP contribution < -0.4 is 10.6 Å². The Bertz CT molecular complexity index is 947. The second-order valence-corrected chi connectivity index (χ2v) is 6.79. The highest BCUT2D eigenvalue weighted by Gasteiger charge is 2.49. The summed E-state index contributed by atoms with van der Waals surface area (Å²) in [4.78, 5) is 37.9. The summed E-state index contributed by atoms with van der Waals surface area (Å²) in [6, 6.07) is 12.4. The Kier molecular flexibility index (Phi) is 5.32. The number of hydrogen-bond donors (Lipinski definition) is 2. The van der Waals surface area contributed by atoms with Crippen LogP contribution in [0.25, 0.3) is 0 Å². The van der Waals surface area contributed by atoms with E-state index in [1.807, 2.05) is 0 Å². The highest BCUT2D eigenvalue weighted by Crippen LogP contribution is 2.30. The SMILES string of the molecule is CC1(c2ccccc2)NC(=O)N(CC(=O)NCc2cccc(C(F)(F)F)c2)C1=O. The quantitative estimate of drug-likeness (QED) is 0.751. The van der Waals surface area contributed by atoms with Gasteiger partial charge < -0.3 is 10.6 Å². The maximum atomic E-state index is 12.8. The van der Waals surface area contributed by atoms with Crippen molar-refractivity contribution in [2.75, 3.05) is 6.54 Å². The molecule has 1 atom stereocenters. The molecule has 1 fully saturated rings. The summed E-state index contributed by atoms with van der Waals surface area (Å²) in [5, 5.41) is 5.01. The van der Waals surface area contributed by atoms with E-state index in [1.165, 1.54) is 12.1 Å². The highest BCUT2D eigenvalue weighted by atomic mass is 19.4. The minimum absolute atomic E-state index is 0.164. The van der Waals surface area contributed by atoms with Crippen LogP contribution in [0.15, 0.2) is 54.6 Å². The molecular weight excluding hydrogens is 387 g/mol. The fourth-order valence-electron chi connectivity index (χ4n) is 3.07. The number of urea groups is 1. The number of hydrogen-bond acceptors (Lipinski definition) is 3. The molecule has 2 N–H and O–H groups in total. The fraction of sp³-hybridized carbons (Fsp3) is 0.250. The second kappa shape index (κ2) is 7.57. The lowest BCUT2D eigenvalue weighted by atomic mass is 9.92. The normalized spacial score (nSPS) is 19.2. The largest absolute Gasteiger partial charge is 0.416 e. The van der Waals surface area contributed by atoms with Crippen molar-refractivity contribution in [2.24, 2.45) is 0 Å². The van der Waals surface area contributed by atoms with Crippen LogP contribution in [0, 0.1) is 0 Å². The van der Waals surface area contributed by atoms with Gasteiger partial charge in [-0.2, -0.15) is 13.2 Å². The number of carbonyl (C=O) groups is 3. The maximum Gasteiger partial charge on any atom is 0.416 e. The highest BCUT2D eigenvalue weighted by molar-refractivity contribution is 6.09. The van der Waals surface area contributed by atoms with Gasteiger partial charge in [-0.1, -0.05) is 42.5 Å². The number of rotatable bonds is 5. The summed E-state index contributed by atoms with van der Waals surface area (Å²) < 4.78 is 38.3. The molecule has 3 rings (SSSR count). The van der Waals surface area contributed by atoms with E-state index in [0.717, 1.165) is 17.0 Å². The van der Waals surface area contributed by atoms with Crippen molar-refractivity contribution < 1.29 is 27.6 Å². The summed E-state index contributed by atoms with van der Waals surface area (Å²) in [6.07, 6.45) is -4.48. The van der Waals surface area contributed by atoms with Crippen molar-refractivity contribution in [3.8, 4) is 0 Å². The monoisotopic (exact) mass is 405 g/mol. The van der Waals surface area contributed by atoms with Crippen LogP contribution in [0.4, 0.5) is 18.0 Å². The van der Waals surface area contributed by atoms with E-state index >= 15 is 0 Å². The van der Waals surface area contributed by atoms with E-state index in [1.54, 1.807) is 37.3 Å². The van der Waals surface area contributed by atoms with Gasteiger partial charge in [-0.25, -0.2) is 4.79 Å². The molecule has 0 bridgehead atoms. The van der Waals surface area contributed by atoms with Gasteiger partial charge in [0.25, 0.3) is 5.91 Å². The summed E-state index contributed by atoms with van der Waals surface area (Å²) in [5.74, 6) is -1.24. The van der Waals surface area contributed by atoms with Crippen LogP contribution in [0.3, 0.4) is 0 Å². The van der Waals surface area contributed by atoms with Crippen molar-refractivity contribution in [1.82, 2.24) is 15.5 Å². The zero-order chi connectivity index (χ0) is 21.2. The molecule has 2 aromatic carbocycles. The molecule has 0 aliphatic carbocycles. The Hall–Kier alpha value is -3.36. The zero-order valence-electron chi connectivity index (χ0n) is 15.4. The number of carbonyl (C=O) groups excluding carboxylic acids is 3. The topological polar surface area (TPSA) is 78.5 Å². The van der Waals surface area contributed by atoms with Crippen molar-refractivity contribution >= 4 is 17.8 Å². The van der Waals surface area contributed by atoms with Gasteiger partial charge in [-0.05, 0) is 30.2 Å². The average molecular weight is 405 g/mol. The first-order valence-corrected chi connectivity index (χ1v) is 8.74. The molecule has 0 radical (unpaired) electrons. The standard InChI is InChI=1S/C20H18F3N3O3/c1-19(14-7-3-2-4-8-14)17(28)26(18(29)25-19)12-16(27)24-11-13-6-5-9-15(10-13)20(21,22)23/h2-10H,11-12H2,1H3,(H,24,27)(H,25,29). The number of nitrogens with zero attached hydrogens (tertiary/aromatic N) is 1. The van der Waals surface area contributed by atoms with Gasteiger partial charge in [0.1, 0.15) is 12.1 Å². The summed E-state index contributed by atoms with van der Waals surface area (Å²) >= 11 is 0. The van der Waals surface area contributed by atoms with Gasteiger partial charge in [-0.15, -0.1) is 0 Å². The molecule has 29 heavy (non-hydrogen) atoms. The average Bonchev–Trinajstić information content (AvgIpc) is 2.91. The lowest BCUT2D eigenvalue weighted by molar-refractivity contribution is -0.137.